The van der Waals surface area contributed by atoms with Crippen molar-refractivity contribution in [1.29, 1.82) is 0 Å². The molecule has 0 aliphatic heterocycles. The molecule has 0 aliphatic carbocycles. The third-order valence-corrected chi connectivity index (χ3v) is 6.20. The fraction of sp³-hybridized carbons (Fsp3) is 0.450. The lowest BCUT2D eigenvalue weighted by Gasteiger charge is -2.25. The van der Waals surface area contributed by atoms with Crippen molar-refractivity contribution in [3.05, 3.63) is 57.8 Å². The zero-order valence-corrected chi connectivity index (χ0v) is 18.1. The van der Waals surface area contributed by atoms with E-state index in [-0.39, 0.29) is 11.2 Å². The van der Waals surface area contributed by atoms with E-state index >= 15 is 0 Å². The van der Waals surface area contributed by atoms with Gasteiger partial charge in [-0.25, -0.2) is 13.4 Å². The highest BCUT2D eigenvalue weighted by Crippen LogP contribution is 2.26. The molecule has 148 valence electrons. The predicted octanol–water partition coefficient (Wildman–Crippen LogP) is 3.33. The first-order valence-electron chi connectivity index (χ1n) is 9.01. The summed E-state index contributed by atoms with van der Waals surface area (Å²) in [4.78, 5) is 5.99. The maximum Gasteiger partial charge on any atom is 0.191 e. The molecule has 0 amide bonds. The van der Waals surface area contributed by atoms with E-state index in [4.69, 9.17) is 0 Å². The Bertz CT molecular complexity index is 840. The number of thiophene rings is 1. The number of nitrogens with zero attached hydrogens (tertiary/aromatic N) is 1. The van der Waals surface area contributed by atoms with E-state index in [0.717, 1.165) is 30.2 Å². The van der Waals surface area contributed by atoms with Gasteiger partial charge in [0.05, 0.1) is 12.3 Å². The largest absolute Gasteiger partial charge is 0.357 e. The summed E-state index contributed by atoms with van der Waals surface area (Å²) in [5, 5.41) is 8.81. The van der Waals surface area contributed by atoms with Gasteiger partial charge < -0.3 is 10.6 Å². The molecule has 1 heterocycles. The van der Waals surface area contributed by atoms with Gasteiger partial charge in [0.2, 0.25) is 0 Å². The number of sulfone groups is 1. The van der Waals surface area contributed by atoms with Crippen LogP contribution in [0.3, 0.4) is 0 Å². The number of guanidine groups is 1. The third kappa shape index (κ3) is 7.34. The van der Waals surface area contributed by atoms with Crippen molar-refractivity contribution in [3.8, 4) is 0 Å². The smallest absolute Gasteiger partial charge is 0.191 e. The van der Waals surface area contributed by atoms with Crippen LogP contribution >= 0.6 is 11.3 Å². The van der Waals surface area contributed by atoms with Crippen molar-refractivity contribution in [3.63, 3.8) is 0 Å². The highest BCUT2D eigenvalue weighted by atomic mass is 32.2. The van der Waals surface area contributed by atoms with E-state index in [2.05, 4.69) is 47.0 Å². The summed E-state index contributed by atoms with van der Waals surface area (Å²) in [6.45, 7) is 8.59. The second-order valence-corrected chi connectivity index (χ2v) is 10.4. The van der Waals surface area contributed by atoms with E-state index in [0.29, 0.717) is 6.54 Å². The fourth-order valence-electron chi connectivity index (χ4n) is 2.61. The lowest BCUT2D eigenvalue weighted by Crippen LogP contribution is -2.43. The van der Waals surface area contributed by atoms with Gasteiger partial charge in [0.25, 0.3) is 0 Å². The van der Waals surface area contributed by atoms with Gasteiger partial charge >= 0.3 is 0 Å². The second-order valence-electron chi connectivity index (χ2n) is 7.30. The Kier molecular flexibility index (Phi) is 7.44. The number of rotatable bonds is 8. The van der Waals surface area contributed by atoms with Gasteiger partial charge in [-0.05, 0) is 29.5 Å². The van der Waals surface area contributed by atoms with E-state index in [1.807, 2.05) is 31.2 Å². The van der Waals surface area contributed by atoms with E-state index in [1.165, 1.54) is 11.1 Å². The average Bonchev–Trinajstić information content (AvgIpc) is 3.13. The maximum atomic E-state index is 11.4. The molecule has 7 heteroatoms. The Morgan fingerprint density at radius 1 is 1.11 bits per heavy atom. The lowest BCUT2D eigenvalue weighted by atomic mass is 9.91. The van der Waals surface area contributed by atoms with E-state index in [1.54, 1.807) is 11.3 Å². The molecule has 0 spiro atoms. The molecule has 1 aromatic carbocycles. The zero-order valence-electron chi connectivity index (χ0n) is 16.5. The number of aliphatic imine (C=N–C) groups is 1. The molecule has 27 heavy (non-hydrogen) atoms. The highest BCUT2D eigenvalue weighted by Gasteiger charge is 2.21. The van der Waals surface area contributed by atoms with E-state index < -0.39 is 9.84 Å². The first kappa shape index (κ1) is 21.4. The Morgan fingerprint density at radius 3 is 2.33 bits per heavy atom. The van der Waals surface area contributed by atoms with Gasteiger partial charge in [-0.2, -0.15) is 0 Å². The molecule has 0 unspecified atom stereocenters. The predicted molar refractivity (Wildman–Crippen MR) is 115 cm³/mol. The molecular formula is C20H29N3O2S2. The van der Waals surface area contributed by atoms with Crippen LogP contribution in [0, 0.1) is 0 Å². The first-order valence-corrected chi connectivity index (χ1v) is 12.0. The molecule has 0 fully saturated rings. The van der Waals surface area contributed by atoms with Crippen molar-refractivity contribution in [1.82, 2.24) is 10.6 Å². The normalized spacial score (nSPS) is 12.8. The number of nitrogens with one attached hydrogen (secondary N) is 2. The topological polar surface area (TPSA) is 70.6 Å². The van der Waals surface area contributed by atoms with Gasteiger partial charge in [-0.15, -0.1) is 11.3 Å². The Balaban J connectivity index is 1.98. The number of benzene rings is 1. The van der Waals surface area contributed by atoms with Crippen LogP contribution in [0.2, 0.25) is 0 Å². The summed E-state index contributed by atoms with van der Waals surface area (Å²) >= 11 is 1.77. The number of hydrogen-bond acceptors (Lipinski definition) is 4. The van der Waals surface area contributed by atoms with Gasteiger partial charge in [-0.1, -0.05) is 44.2 Å². The summed E-state index contributed by atoms with van der Waals surface area (Å²) in [5.41, 5.74) is 1.87. The fourth-order valence-corrected chi connectivity index (χ4v) is 4.26. The first-order chi connectivity index (χ1) is 12.7. The molecule has 0 aliphatic rings. The summed E-state index contributed by atoms with van der Waals surface area (Å²) in [6.07, 6.45) is 1.25. The van der Waals surface area contributed by atoms with Gasteiger partial charge in [-0.3, -0.25) is 0 Å². The van der Waals surface area contributed by atoms with Crippen molar-refractivity contribution in [2.45, 2.75) is 38.5 Å². The van der Waals surface area contributed by atoms with Crippen LogP contribution in [-0.2, 0) is 27.5 Å². The lowest BCUT2D eigenvalue weighted by molar-refractivity contribution is 0.518. The van der Waals surface area contributed by atoms with Crippen LogP contribution in [0.4, 0.5) is 0 Å². The quantitative estimate of drug-likeness (QED) is 0.520. The minimum absolute atomic E-state index is 0.0254. The minimum Gasteiger partial charge on any atom is -0.357 e. The van der Waals surface area contributed by atoms with Gasteiger partial charge in [0, 0.05) is 29.6 Å². The van der Waals surface area contributed by atoms with E-state index in [9.17, 15) is 8.42 Å². The Labute approximate surface area is 166 Å². The molecule has 0 saturated heterocycles. The molecule has 5 nitrogen and oxygen atoms in total. The van der Waals surface area contributed by atoms with Crippen LogP contribution < -0.4 is 10.6 Å². The number of hydrogen-bond donors (Lipinski definition) is 2. The Hall–Kier alpha value is -1.86. The molecule has 2 rings (SSSR count). The molecular weight excluding hydrogens is 378 g/mol. The Morgan fingerprint density at radius 2 is 1.78 bits per heavy atom. The van der Waals surface area contributed by atoms with Crippen LogP contribution in [0.25, 0.3) is 0 Å². The van der Waals surface area contributed by atoms with Crippen molar-refractivity contribution in [2.24, 2.45) is 4.99 Å². The molecule has 2 N–H and O–H groups in total. The molecule has 0 radical (unpaired) electrons. The standard InChI is InChI=1S/C20H29N3O2S2/c1-5-21-19(23-15-20(2,3)18-7-6-12-26-18)22-13-16-8-10-17(11-9-16)14-27(4,24)25/h6-12H,5,13-15H2,1-4H3,(H2,21,22,23). The SMILES string of the molecule is CCNC(=NCc1ccc(CS(C)(=O)=O)cc1)NCC(C)(C)c1cccs1. The van der Waals surface area contributed by atoms with Crippen molar-refractivity contribution < 1.29 is 8.42 Å². The van der Waals surface area contributed by atoms with Crippen LogP contribution in [0.5, 0.6) is 0 Å². The second kappa shape index (κ2) is 9.37. The summed E-state index contributed by atoms with van der Waals surface area (Å²) in [5.74, 6) is 0.848. The monoisotopic (exact) mass is 407 g/mol. The van der Waals surface area contributed by atoms with Gasteiger partial charge in [0.1, 0.15) is 0 Å². The molecule has 0 saturated carbocycles. The molecule has 0 bridgehead atoms. The molecule has 2 aromatic rings. The van der Waals surface area contributed by atoms with Gasteiger partial charge in [0.15, 0.2) is 15.8 Å². The molecule has 0 atom stereocenters. The van der Waals surface area contributed by atoms with Crippen molar-refractivity contribution in [2.75, 3.05) is 19.3 Å². The summed E-state index contributed by atoms with van der Waals surface area (Å²) < 4.78 is 22.7. The highest BCUT2D eigenvalue weighted by molar-refractivity contribution is 7.89. The van der Waals surface area contributed by atoms with Crippen molar-refractivity contribution >= 4 is 27.1 Å². The zero-order chi connectivity index (χ0) is 19.9. The third-order valence-electron chi connectivity index (χ3n) is 4.10. The van der Waals surface area contributed by atoms with Crippen LogP contribution in [0.1, 0.15) is 36.8 Å². The summed E-state index contributed by atoms with van der Waals surface area (Å²) in [6, 6.07) is 11.8. The van der Waals surface area contributed by atoms with Crippen LogP contribution in [-0.4, -0.2) is 33.7 Å². The summed E-state index contributed by atoms with van der Waals surface area (Å²) in [7, 11) is -3.01. The average molecular weight is 408 g/mol. The minimum atomic E-state index is -3.01. The van der Waals surface area contributed by atoms with Crippen LogP contribution in [0.15, 0.2) is 46.8 Å². The molecule has 1 aromatic heterocycles. The maximum absolute atomic E-state index is 11.4.